The third-order valence-corrected chi connectivity index (χ3v) is 13.2. The van der Waals surface area contributed by atoms with E-state index in [0.29, 0.717) is 25.7 Å². The quantitative estimate of drug-likeness (QED) is 0.339. The average molecular weight is 582 g/mol. The Balaban J connectivity index is 1.55. The lowest BCUT2D eigenvalue weighted by Gasteiger charge is -2.69. The summed E-state index contributed by atoms with van der Waals surface area (Å²) in [6, 6.07) is 3.20. The lowest BCUT2D eigenvalue weighted by Crippen LogP contribution is -2.66. The fourth-order valence-corrected chi connectivity index (χ4v) is 10.8. The summed E-state index contributed by atoms with van der Waals surface area (Å²) in [5.41, 5.74) is -2.93. The van der Waals surface area contributed by atoms with Gasteiger partial charge in [-0.1, -0.05) is 60.1 Å². The molecule has 1 aromatic heterocycles. The van der Waals surface area contributed by atoms with Crippen molar-refractivity contribution in [2.24, 2.45) is 44.8 Å². The fraction of sp³-hybridized carbons (Fsp3) is 0.706. The van der Waals surface area contributed by atoms with Crippen LogP contribution in [0.25, 0.3) is 0 Å². The van der Waals surface area contributed by atoms with Crippen LogP contribution < -0.4 is 0 Å². The number of halogens is 3. The molecule has 0 saturated heterocycles. The molecule has 5 nitrogen and oxygen atoms in total. The van der Waals surface area contributed by atoms with Crippen LogP contribution in [0.4, 0.5) is 13.2 Å². The topological polar surface area (TPSA) is 75.8 Å². The first kappa shape index (κ1) is 29.4. The van der Waals surface area contributed by atoms with Gasteiger partial charge >= 0.3 is 6.18 Å². The van der Waals surface area contributed by atoms with E-state index in [-0.39, 0.29) is 34.4 Å². The Morgan fingerprint density at radius 2 is 1.67 bits per heavy atom. The van der Waals surface area contributed by atoms with E-state index >= 15 is 0 Å². The molecular weight excluding hydrogens is 539 g/mol. The standard InChI is InChI=1S/C34H42F3N3O2/c1-28(2)11-13-33(40-25(9-15-39-40)34(35,36)37)14-12-32(7)26(21(33)18-28)22(41)16-24-30(5)17-20(19-38)27(42)29(3,4)23(30)8-10-31(24,32)6/h9,15-17,21,23,26H,8,10-14,18H2,1-7H3/t21?,23?,26-,30-,31+,32+,33-/m0/s1. The zero-order chi connectivity index (χ0) is 30.9. The molecule has 7 atom stereocenters. The molecule has 5 aliphatic rings. The van der Waals surface area contributed by atoms with E-state index in [1.807, 2.05) is 19.9 Å². The van der Waals surface area contributed by atoms with Gasteiger partial charge in [-0.25, -0.2) is 0 Å². The lowest BCUT2D eigenvalue weighted by atomic mass is 9.35. The molecule has 5 aliphatic carbocycles. The van der Waals surface area contributed by atoms with Crippen molar-refractivity contribution < 1.29 is 22.8 Å². The molecule has 1 aromatic rings. The molecule has 0 aliphatic heterocycles. The van der Waals surface area contributed by atoms with Crippen LogP contribution in [-0.4, -0.2) is 21.3 Å². The van der Waals surface area contributed by atoms with E-state index in [0.717, 1.165) is 30.9 Å². The van der Waals surface area contributed by atoms with Crippen LogP contribution in [0, 0.1) is 56.2 Å². The van der Waals surface area contributed by atoms with Gasteiger partial charge in [0.15, 0.2) is 11.6 Å². The fourth-order valence-electron chi connectivity index (χ4n) is 10.8. The maximum Gasteiger partial charge on any atom is 0.433 e. The van der Waals surface area contributed by atoms with Crippen molar-refractivity contribution in [3.8, 4) is 6.07 Å². The number of hydrogen-bond acceptors (Lipinski definition) is 4. The number of Topliss-reactive ketones (excluding diaryl/α,β-unsaturated/α-hetero) is 1. The Morgan fingerprint density at radius 1 is 1.00 bits per heavy atom. The van der Waals surface area contributed by atoms with Crippen molar-refractivity contribution in [3.63, 3.8) is 0 Å². The van der Waals surface area contributed by atoms with Crippen LogP contribution in [0.1, 0.15) is 99.1 Å². The molecule has 1 heterocycles. The first-order valence-electron chi connectivity index (χ1n) is 15.3. The van der Waals surface area contributed by atoms with E-state index < -0.39 is 45.0 Å². The molecule has 6 rings (SSSR count). The van der Waals surface area contributed by atoms with Gasteiger partial charge in [-0.3, -0.25) is 14.3 Å². The average Bonchev–Trinajstić information content (AvgIpc) is 3.39. The largest absolute Gasteiger partial charge is 0.433 e. The minimum atomic E-state index is -4.54. The normalized spacial score (nSPS) is 42.3. The molecule has 0 N–H and O–H groups in total. The number of rotatable bonds is 1. The first-order valence-corrected chi connectivity index (χ1v) is 15.3. The summed E-state index contributed by atoms with van der Waals surface area (Å²) in [5, 5.41) is 14.2. The second kappa shape index (κ2) is 8.48. The van der Waals surface area contributed by atoms with Crippen LogP contribution in [0.3, 0.4) is 0 Å². The third kappa shape index (κ3) is 3.51. The summed E-state index contributed by atoms with van der Waals surface area (Å²) < 4.78 is 44.1. The Labute approximate surface area is 246 Å². The van der Waals surface area contributed by atoms with Crippen LogP contribution in [0.5, 0.6) is 0 Å². The van der Waals surface area contributed by atoms with Crippen molar-refractivity contribution in [2.75, 3.05) is 0 Å². The van der Waals surface area contributed by atoms with Gasteiger partial charge in [-0.2, -0.15) is 23.5 Å². The van der Waals surface area contributed by atoms with Gasteiger partial charge in [0.1, 0.15) is 11.8 Å². The summed E-state index contributed by atoms with van der Waals surface area (Å²) >= 11 is 0. The number of carbonyl (C=O) groups is 2. The Kier molecular flexibility index (Phi) is 5.93. The van der Waals surface area contributed by atoms with Crippen molar-refractivity contribution in [2.45, 2.75) is 105 Å². The van der Waals surface area contributed by atoms with Gasteiger partial charge in [0.05, 0.1) is 11.1 Å². The zero-order valence-corrected chi connectivity index (χ0v) is 25.8. The highest BCUT2D eigenvalue weighted by molar-refractivity contribution is 6.04. The van der Waals surface area contributed by atoms with E-state index in [4.69, 9.17) is 0 Å². The highest BCUT2D eigenvalue weighted by Crippen LogP contribution is 2.74. The zero-order valence-electron chi connectivity index (χ0n) is 25.8. The summed E-state index contributed by atoms with van der Waals surface area (Å²) in [6.45, 7) is 14.7. The number of carbonyl (C=O) groups excluding carboxylic acids is 2. The molecule has 3 saturated carbocycles. The van der Waals surface area contributed by atoms with Crippen LogP contribution in [0.2, 0.25) is 0 Å². The highest BCUT2D eigenvalue weighted by atomic mass is 19.4. The molecule has 8 heteroatoms. The first-order chi connectivity index (χ1) is 19.3. The summed E-state index contributed by atoms with van der Waals surface area (Å²) in [7, 11) is 0. The number of alkyl halides is 3. The number of nitriles is 1. The van der Waals surface area contributed by atoms with Gasteiger partial charge < -0.3 is 0 Å². The number of fused-ring (bicyclic) bond motifs is 7. The van der Waals surface area contributed by atoms with Crippen molar-refractivity contribution >= 4 is 11.6 Å². The van der Waals surface area contributed by atoms with Gasteiger partial charge in [-0.05, 0) is 85.2 Å². The van der Waals surface area contributed by atoms with Gasteiger partial charge in [-0.15, -0.1) is 0 Å². The second-order valence-corrected chi connectivity index (χ2v) is 16.0. The molecule has 0 aromatic carbocycles. The molecule has 0 bridgehead atoms. The Bertz CT molecular complexity index is 1490. The number of allylic oxidation sites excluding steroid dienone is 4. The highest BCUT2D eigenvalue weighted by Gasteiger charge is 2.70. The maximum atomic E-state index is 14.6. The van der Waals surface area contributed by atoms with Crippen LogP contribution in [0.15, 0.2) is 35.6 Å². The van der Waals surface area contributed by atoms with Gasteiger partial charge in [0.2, 0.25) is 0 Å². The molecule has 0 amide bonds. The summed E-state index contributed by atoms with van der Waals surface area (Å²) in [6.07, 6.45) is 4.96. The third-order valence-electron chi connectivity index (χ3n) is 13.2. The van der Waals surface area contributed by atoms with E-state index in [1.54, 1.807) is 6.08 Å². The predicted molar refractivity (Wildman–Crippen MR) is 152 cm³/mol. The smallest absolute Gasteiger partial charge is 0.295 e. The van der Waals surface area contributed by atoms with Crippen molar-refractivity contribution in [1.29, 1.82) is 5.26 Å². The van der Waals surface area contributed by atoms with E-state index in [2.05, 4.69) is 45.8 Å². The predicted octanol–water partition coefficient (Wildman–Crippen LogP) is 7.83. The number of nitrogens with zero attached hydrogens (tertiary/aromatic N) is 3. The number of hydrogen-bond donors (Lipinski definition) is 0. The van der Waals surface area contributed by atoms with Crippen LogP contribution in [-0.2, 0) is 21.3 Å². The van der Waals surface area contributed by atoms with E-state index in [9.17, 15) is 28.0 Å². The van der Waals surface area contributed by atoms with Crippen LogP contribution >= 0.6 is 0 Å². The summed E-state index contributed by atoms with van der Waals surface area (Å²) in [4.78, 5) is 27.9. The molecule has 0 radical (unpaired) electrons. The molecular formula is C34H42F3N3O2. The molecule has 0 spiro atoms. The van der Waals surface area contributed by atoms with Crippen molar-refractivity contribution in [1.82, 2.24) is 9.78 Å². The van der Waals surface area contributed by atoms with E-state index in [1.165, 1.54) is 10.9 Å². The van der Waals surface area contributed by atoms with Crippen molar-refractivity contribution in [3.05, 3.63) is 41.3 Å². The molecule has 3 fully saturated rings. The van der Waals surface area contributed by atoms with Gasteiger partial charge in [0, 0.05) is 22.9 Å². The lowest BCUT2D eigenvalue weighted by molar-refractivity contribution is -0.177. The molecule has 2 unspecified atom stereocenters. The van der Waals surface area contributed by atoms with Gasteiger partial charge in [0.25, 0.3) is 0 Å². The number of aromatic nitrogens is 2. The molecule has 42 heavy (non-hydrogen) atoms. The Morgan fingerprint density at radius 3 is 2.31 bits per heavy atom. The minimum Gasteiger partial charge on any atom is -0.295 e. The second-order valence-electron chi connectivity index (χ2n) is 16.0. The minimum absolute atomic E-state index is 0.0269. The maximum absolute atomic E-state index is 14.6. The summed E-state index contributed by atoms with van der Waals surface area (Å²) in [5.74, 6) is -0.988. The Hall–Kier alpha value is -2.69. The number of ketones is 2. The SMILES string of the molecule is CC1(C)CC[C@]2(n3nccc3C(F)(F)F)CC[C@]3(C)[C@H](C(=O)C=C4[C@@]5(C)C=C(C#N)C(=O)C(C)(C)C5CC[C@]43C)C2C1. The molecule has 226 valence electrons. The monoisotopic (exact) mass is 581 g/mol.